The van der Waals surface area contributed by atoms with Gasteiger partial charge in [-0.05, 0) is 33.6 Å². The standard InChI is InChI=1S/C13H18BrNO3/c1-17-13-3-2-10(6-12(13)14)7-15-4-5-18-9-11(15)8-16/h2-3,6,11,16H,4-5,7-9H2,1H3. The van der Waals surface area contributed by atoms with Gasteiger partial charge in [0.05, 0.1) is 37.4 Å². The second-order valence-corrected chi connectivity index (χ2v) is 5.21. The number of hydrogen-bond donors (Lipinski definition) is 1. The minimum Gasteiger partial charge on any atom is -0.496 e. The maximum Gasteiger partial charge on any atom is 0.133 e. The van der Waals surface area contributed by atoms with Gasteiger partial charge in [0, 0.05) is 13.1 Å². The minimum absolute atomic E-state index is 0.0969. The number of nitrogens with zero attached hydrogens (tertiary/aromatic N) is 1. The van der Waals surface area contributed by atoms with Crippen molar-refractivity contribution in [2.24, 2.45) is 0 Å². The Morgan fingerprint density at radius 3 is 3.06 bits per heavy atom. The lowest BCUT2D eigenvalue weighted by atomic mass is 10.1. The highest BCUT2D eigenvalue weighted by Crippen LogP contribution is 2.26. The molecule has 0 bridgehead atoms. The minimum atomic E-state index is 0.0969. The Morgan fingerprint density at radius 2 is 2.39 bits per heavy atom. The molecule has 0 amide bonds. The van der Waals surface area contributed by atoms with Crippen molar-refractivity contribution >= 4 is 15.9 Å². The molecule has 1 aliphatic rings. The van der Waals surface area contributed by atoms with Crippen LogP contribution in [0.2, 0.25) is 0 Å². The Hall–Kier alpha value is -0.620. The topological polar surface area (TPSA) is 41.9 Å². The van der Waals surface area contributed by atoms with Crippen LogP contribution in [-0.4, -0.2) is 49.5 Å². The normalized spacial score (nSPS) is 20.9. The molecule has 5 heteroatoms. The number of ether oxygens (including phenoxy) is 2. The molecule has 0 spiro atoms. The fraction of sp³-hybridized carbons (Fsp3) is 0.538. The van der Waals surface area contributed by atoms with E-state index in [1.165, 1.54) is 5.56 Å². The first kappa shape index (κ1) is 13.8. The van der Waals surface area contributed by atoms with Gasteiger partial charge in [0.2, 0.25) is 0 Å². The van der Waals surface area contributed by atoms with Crippen molar-refractivity contribution in [1.82, 2.24) is 4.90 Å². The van der Waals surface area contributed by atoms with Gasteiger partial charge >= 0.3 is 0 Å². The van der Waals surface area contributed by atoms with Gasteiger partial charge in [-0.3, -0.25) is 4.90 Å². The molecular formula is C13H18BrNO3. The maximum absolute atomic E-state index is 9.33. The smallest absolute Gasteiger partial charge is 0.133 e. The van der Waals surface area contributed by atoms with Gasteiger partial charge in [-0.15, -0.1) is 0 Å². The number of rotatable bonds is 4. The van der Waals surface area contributed by atoms with Gasteiger partial charge in [0.15, 0.2) is 0 Å². The molecule has 0 saturated carbocycles. The Bertz CT molecular complexity index is 400. The highest BCUT2D eigenvalue weighted by Gasteiger charge is 2.22. The van der Waals surface area contributed by atoms with Crippen LogP contribution in [0.4, 0.5) is 0 Å². The lowest BCUT2D eigenvalue weighted by molar-refractivity contribution is -0.0312. The zero-order chi connectivity index (χ0) is 13.0. The van der Waals surface area contributed by atoms with Gasteiger partial charge in [0.1, 0.15) is 5.75 Å². The fourth-order valence-electron chi connectivity index (χ4n) is 2.11. The van der Waals surface area contributed by atoms with Crippen molar-refractivity contribution in [2.75, 3.05) is 33.5 Å². The van der Waals surface area contributed by atoms with Crippen molar-refractivity contribution < 1.29 is 14.6 Å². The number of aliphatic hydroxyl groups excluding tert-OH is 1. The SMILES string of the molecule is COc1ccc(CN2CCOCC2CO)cc1Br. The summed E-state index contributed by atoms with van der Waals surface area (Å²) < 4.78 is 11.5. The van der Waals surface area contributed by atoms with Crippen LogP contribution in [0, 0.1) is 0 Å². The van der Waals surface area contributed by atoms with Gasteiger partial charge in [-0.2, -0.15) is 0 Å². The molecule has 1 aliphatic heterocycles. The molecule has 100 valence electrons. The van der Waals surface area contributed by atoms with E-state index in [0.29, 0.717) is 6.61 Å². The summed E-state index contributed by atoms with van der Waals surface area (Å²) in [4.78, 5) is 2.25. The number of halogens is 1. The monoisotopic (exact) mass is 315 g/mol. The van der Waals surface area contributed by atoms with Gasteiger partial charge in [-0.25, -0.2) is 0 Å². The molecular weight excluding hydrogens is 298 g/mol. The molecule has 0 radical (unpaired) electrons. The summed E-state index contributed by atoms with van der Waals surface area (Å²) in [5.41, 5.74) is 1.20. The molecule has 0 aliphatic carbocycles. The molecule has 1 heterocycles. The fourth-order valence-corrected chi connectivity index (χ4v) is 2.70. The van der Waals surface area contributed by atoms with Crippen molar-refractivity contribution in [3.05, 3.63) is 28.2 Å². The Kier molecular flexibility index (Phi) is 5.00. The van der Waals surface area contributed by atoms with Crippen molar-refractivity contribution in [2.45, 2.75) is 12.6 Å². The average molecular weight is 316 g/mol. The summed E-state index contributed by atoms with van der Waals surface area (Å²) >= 11 is 3.49. The van der Waals surface area contributed by atoms with Crippen molar-refractivity contribution in [3.8, 4) is 5.75 Å². The third-order valence-electron chi connectivity index (χ3n) is 3.16. The summed E-state index contributed by atoms with van der Waals surface area (Å²) in [6, 6.07) is 6.16. The largest absolute Gasteiger partial charge is 0.496 e. The number of methoxy groups -OCH3 is 1. The van der Waals surface area contributed by atoms with Crippen LogP contribution in [0.1, 0.15) is 5.56 Å². The third kappa shape index (κ3) is 3.23. The molecule has 1 saturated heterocycles. The van der Waals surface area contributed by atoms with E-state index in [-0.39, 0.29) is 12.6 Å². The second-order valence-electron chi connectivity index (χ2n) is 4.35. The van der Waals surface area contributed by atoms with Crippen LogP contribution in [0.25, 0.3) is 0 Å². The summed E-state index contributed by atoms with van der Waals surface area (Å²) in [5, 5.41) is 9.33. The van der Waals surface area contributed by atoms with E-state index in [0.717, 1.165) is 29.9 Å². The van der Waals surface area contributed by atoms with Crippen LogP contribution in [-0.2, 0) is 11.3 Å². The molecule has 1 atom stereocenters. The molecule has 0 aromatic heterocycles. The van der Waals surface area contributed by atoms with Gasteiger partial charge < -0.3 is 14.6 Å². The molecule has 18 heavy (non-hydrogen) atoms. The third-order valence-corrected chi connectivity index (χ3v) is 3.78. The Labute approximate surface area is 116 Å². The summed E-state index contributed by atoms with van der Waals surface area (Å²) in [5.74, 6) is 0.833. The van der Waals surface area contributed by atoms with E-state index in [1.807, 2.05) is 12.1 Å². The molecule has 1 fully saturated rings. The number of benzene rings is 1. The lowest BCUT2D eigenvalue weighted by Crippen LogP contribution is -2.46. The Morgan fingerprint density at radius 1 is 1.56 bits per heavy atom. The molecule has 2 rings (SSSR count). The predicted molar refractivity (Wildman–Crippen MR) is 72.8 cm³/mol. The molecule has 1 unspecified atom stereocenters. The van der Waals surface area contributed by atoms with Crippen LogP contribution < -0.4 is 4.74 Å². The highest BCUT2D eigenvalue weighted by molar-refractivity contribution is 9.10. The van der Waals surface area contributed by atoms with Crippen molar-refractivity contribution in [1.29, 1.82) is 0 Å². The second kappa shape index (κ2) is 6.52. The molecule has 1 aromatic carbocycles. The summed E-state index contributed by atoms with van der Waals surface area (Å²) in [6.07, 6.45) is 0. The van der Waals surface area contributed by atoms with Crippen molar-refractivity contribution in [3.63, 3.8) is 0 Å². The van der Waals surface area contributed by atoms with E-state index in [9.17, 15) is 5.11 Å². The van der Waals surface area contributed by atoms with Gasteiger partial charge in [-0.1, -0.05) is 6.07 Å². The lowest BCUT2D eigenvalue weighted by Gasteiger charge is -2.34. The molecule has 1 N–H and O–H groups in total. The zero-order valence-corrected chi connectivity index (χ0v) is 12.0. The maximum atomic E-state index is 9.33. The summed E-state index contributed by atoms with van der Waals surface area (Å²) in [6.45, 7) is 3.14. The predicted octanol–water partition coefficient (Wildman–Crippen LogP) is 1.65. The number of aliphatic hydroxyl groups is 1. The van der Waals surface area contributed by atoms with E-state index in [1.54, 1.807) is 7.11 Å². The highest BCUT2D eigenvalue weighted by atomic mass is 79.9. The quantitative estimate of drug-likeness (QED) is 0.917. The van der Waals surface area contributed by atoms with Crippen LogP contribution in [0.15, 0.2) is 22.7 Å². The zero-order valence-electron chi connectivity index (χ0n) is 10.4. The van der Waals surface area contributed by atoms with E-state index in [4.69, 9.17) is 9.47 Å². The van der Waals surface area contributed by atoms with Crippen LogP contribution >= 0.6 is 15.9 Å². The average Bonchev–Trinajstić information content (AvgIpc) is 2.39. The first-order valence-corrected chi connectivity index (χ1v) is 6.79. The van der Waals surface area contributed by atoms with E-state index < -0.39 is 0 Å². The Balaban J connectivity index is 2.05. The summed E-state index contributed by atoms with van der Waals surface area (Å²) in [7, 11) is 1.66. The molecule has 4 nitrogen and oxygen atoms in total. The first-order chi connectivity index (χ1) is 8.74. The number of hydrogen-bond acceptors (Lipinski definition) is 4. The molecule has 1 aromatic rings. The van der Waals surface area contributed by atoms with E-state index >= 15 is 0 Å². The number of morpholine rings is 1. The van der Waals surface area contributed by atoms with Gasteiger partial charge in [0.25, 0.3) is 0 Å². The van der Waals surface area contributed by atoms with E-state index in [2.05, 4.69) is 26.9 Å². The van der Waals surface area contributed by atoms with Crippen LogP contribution in [0.5, 0.6) is 5.75 Å². The first-order valence-electron chi connectivity index (χ1n) is 5.99. The van der Waals surface area contributed by atoms with Crippen LogP contribution in [0.3, 0.4) is 0 Å².